The fraction of sp³-hybridized carbons (Fsp3) is 0.533. The zero-order valence-electron chi connectivity index (χ0n) is 22.2. The molecular weight excluding hydrogens is 452 g/mol. The normalized spacial score (nSPS) is 19.2. The van der Waals surface area contributed by atoms with Crippen LogP contribution in [0.15, 0.2) is 48.6 Å². The fourth-order valence-corrected chi connectivity index (χ4v) is 4.99. The second-order valence-electron chi connectivity index (χ2n) is 10.6. The van der Waals surface area contributed by atoms with Crippen LogP contribution in [0.1, 0.15) is 92.8 Å². The third kappa shape index (κ3) is 6.59. The molecule has 2 aromatic rings. The zero-order chi connectivity index (χ0) is 26.3. The van der Waals surface area contributed by atoms with Gasteiger partial charge in [-0.15, -0.1) is 0 Å². The predicted octanol–water partition coefficient (Wildman–Crippen LogP) is 6.24. The molecule has 0 spiro atoms. The standard InChI is InChI=1S/C30H40N2O4/c1-6-36-29(35)25-19-26-28(34)24(15-11-10-14-23-12-8-7-9-13-23)30(5,20-32(26)31-25)27(33)18-22(4)17-16-21(2)3/h7-9,12-13,19,21,24H,4,6,10-11,14-18,20H2,1-3,5H3. The maximum Gasteiger partial charge on any atom is 0.358 e. The lowest BCUT2D eigenvalue weighted by molar-refractivity contribution is -0.131. The minimum atomic E-state index is -0.907. The predicted molar refractivity (Wildman–Crippen MR) is 141 cm³/mol. The summed E-state index contributed by atoms with van der Waals surface area (Å²) in [5.41, 5.74) is 1.76. The van der Waals surface area contributed by atoms with Crippen molar-refractivity contribution in [1.29, 1.82) is 0 Å². The van der Waals surface area contributed by atoms with E-state index >= 15 is 0 Å². The second kappa shape index (κ2) is 12.3. The molecule has 1 aliphatic rings. The molecular formula is C30H40N2O4. The molecule has 0 N–H and O–H groups in total. The van der Waals surface area contributed by atoms with Crippen molar-refractivity contribution < 1.29 is 19.1 Å². The number of unbranched alkanes of at least 4 members (excludes halogenated alkanes) is 1. The van der Waals surface area contributed by atoms with E-state index in [2.05, 4.69) is 37.7 Å². The quantitative estimate of drug-likeness (QED) is 0.188. The van der Waals surface area contributed by atoms with Crippen molar-refractivity contribution in [3.8, 4) is 0 Å². The van der Waals surface area contributed by atoms with Crippen LogP contribution < -0.4 is 0 Å². The van der Waals surface area contributed by atoms with Crippen molar-refractivity contribution in [3.05, 3.63) is 65.5 Å². The summed E-state index contributed by atoms with van der Waals surface area (Å²) in [6.45, 7) is 12.6. The summed E-state index contributed by atoms with van der Waals surface area (Å²) < 4.78 is 6.61. The number of hydrogen-bond acceptors (Lipinski definition) is 5. The Morgan fingerprint density at radius 3 is 2.61 bits per heavy atom. The van der Waals surface area contributed by atoms with Gasteiger partial charge in [0.2, 0.25) is 0 Å². The summed E-state index contributed by atoms with van der Waals surface area (Å²) in [4.78, 5) is 39.7. The molecule has 0 saturated heterocycles. The Morgan fingerprint density at radius 1 is 1.22 bits per heavy atom. The van der Waals surface area contributed by atoms with E-state index in [0.29, 0.717) is 18.0 Å². The van der Waals surface area contributed by atoms with Gasteiger partial charge in [0.05, 0.1) is 18.6 Å². The van der Waals surface area contributed by atoms with Gasteiger partial charge in [0.1, 0.15) is 11.5 Å². The van der Waals surface area contributed by atoms with Crippen molar-refractivity contribution in [2.24, 2.45) is 17.3 Å². The molecule has 2 unspecified atom stereocenters. The van der Waals surface area contributed by atoms with E-state index < -0.39 is 17.3 Å². The maximum absolute atomic E-state index is 13.7. The van der Waals surface area contributed by atoms with Crippen molar-refractivity contribution in [1.82, 2.24) is 9.78 Å². The highest BCUT2D eigenvalue weighted by Gasteiger charge is 2.49. The van der Waals surface area contributed by atoms with Crippen LogP contribution in [0.25, 0.3) is 0 Å². The fourth-order valence-electron chi connectivity index (χ4n) is 4.99. The number of allylic oxidation sites excluding steroid dienone is 1. The SMILES string of the molecule is C=C(CCC(C)C)CC(=O)C1(C)Cn2nc(C(=O)OCC)cc2C(=O)C1CCCCc1ccccc1. The average molecular weight is 493 g/mol. The van der Waals surface area contributed by atoms with Gasteiger partial charge in [-0.2, -0.15) is 5.10 Å². The third-order valence-corrected chi connectivity index (χ3v) is 7.25. The van der Waals surface area contributed by atoms with E-state index in [1.165, 1.54) is 16.3 Å². The molecule has 0 aliphatic carbocycles. The summed E-state index contributed by atoms with van der Waals surface area (Å²) in [6.07, 6.45) is 5.37. The number of hydrogen-bond donors (Lipinski definition) is 0. The van der Waals surface area contributed by atoms with Gasteiger partial charge in [0.25, 0.3) is 0 Å². The first-order valence-electron chi connectivity index (χ1n) is 13.2. The molecule has 0 bridgehead atoms. The summed E-state index contributed by atoms with van der Waals surface area (Å²) in [5.74, 6) is -0.572. The molecule has 0 amide bonds. The number of rotatable bonds is 13. The highest BCUT2D eigenvalue weighted by Crippen LogP contribution is 2.42. The molecule has 0 saturated carbocycles. The molecule has 1 aromatic carbocycles. The maximum atomic E-state index is 13.7. The number of carbonyl (C=O) groups is 3. The number of ketones is 2. The summed E-state index contributed by atoms with van der Waals surface area (Å²) in [7, 11) is 0. The molecule has 2 atom stereocenters. The second-order valence-corrected chi connectivity index (χ2v) is 10.6. The van der Waals surface area contributed by atoms with E-state index in [4.69, 9.17) is 4.74 Å². The van der Waals surface area contributed by atoms with Crippen molar-refractivity contribution in [2.45, 2.75) is 79.2 Å². The van der Waals surface area contributed by atoms with Gasteiger partial charge in [0, 0.05) is 18.4 Å². The van der Waals surface area contributed by atoms with E-state index in [-0.39, 0.29) is 36.8 Å². The number of Topliss-reactive ketones (excluding diaryl/α,β-unsaturated/α-hetero) is 2. The van der Waals surface area contributed by atoms with Gasteiger partial charge in [-0.1, -0.05) is 69.7 Å². The number of aromatic nitrogens is 2. The Balaban J connectivity index is 1.80. The van der Waals surface area contributed by atoms with Crippen LogP contribution in [-0.4, -0.2) is 33.9 Å². The smallest absolute Gasteiger partial charge is 0.358 e. The van der Waals surface area contributed by atoms with Crippen LogP contribution in [0.2, 0.25) is 0 Å². The molecule has 36 heavy (non-hydrogen) atoms. The number of nitrogens with zero attached hydrogens (tertiary/aromatic N) is 2. The Morgan fingerprint density at radius 2 is 1.94 bits per heavy atom. The third-order valence-electron chi connectivity index (χ3n) is 7.25. The molecule has 3 rings (SSSR count). The average Bonchev–Trinajstić information content (AvgIpc) is 3.27. The van der Waals surface area contributed by atoms with E-state index in [9.17, 15) is 14.4 Å². The van der Waals surface area contributed by atoms with Crippen LogP contribution in [-0.2, 0) is 22.5 Å². The topological polar surface area (TPSA) is 78.3 Å². The minimum Gasteiger partial charge on any atom is -0.461 e. The minimum absolute atomic E-state index is 0.0245. The molecule has 0 radical (unpaired) electrons. The van der Waals surface area contributed by atoms with Crippen molar-refractivity contribution in [3.63, 3.8) is 0 Å². The largest absolute Gasteiger partial charge is 0.461 e. The molecule has 6 heteroatoms. The van der Waals surface area contributed by atoms with Crippen LogP contribution in [0, 0.1) is 17.3 Å². The van der Waals surface area contributed by atoms with Gasteiger partial charge in [-0.25, -0.2) is 4.79 Å². The van der Waals surface area contributed by atoms with E-state index in [1.54, 1.807) is 6.92 Å². The number of ether oxygens (including phenoxy) is 1. The Bertz CT molecular complexity index is 1090. The number of benzene rings is 1. The lowest BCUT2D eigenvalue weighted by atomic mass is 9.66. The van der Waals surface area contributed by atoms with Crippen LogP contribution in [0.4, 0.5) is 0 Å². The number of aryl methyl sites for hydroxylation is 1. The first kappa shape index (κ1) is 27.6. The van der Waals surface area contributed by atoms with Crippen LogP contribution >= 0.6 is 0 Å². The lowest BCUT2D eigenvalue weighted by Gasteiger charge is -2.39. The van der Waals surface area contributed by atoms with Gasteiger partial charge < -0.3 is 4.74 Å². The number of fused-ring (bicyclic) bond motifs is 1. The first-order chi connectivity index (χ1) is 17.2. The van der Waals surface area contributed by atoms with Gasteiger partial charge in [0.15, 0.2) is 11.5 Å². The Hall–Kier alpha value is -3.02. The molecule has 6 nitrogen and oxygen atoms in total. The molecule has 1 aromatic heterocycles. The van der Waals surface area contributed by atoms with Crippen LogP contribution in [0.5, 0.6) is 0 Å². The van der Waals surface area contributed by atoms with Gasteiger partial charge in [-0.3, -0.25) is 14.3 Å². The molecule has 0 fully saturated rings. The van der Waals surface area contributed by atoms with Crippen molar-refractivity contribution in [2.75, 3.05) is 6.61 Å². The molecule has 2 heterocycles. The highest BCUT2D eigenvalue weighted by atomic mass is 16.5. The van der Waals surface area contributed by atoms with Crippen LogP contribution in [0.3, 0.4) is 0 Å². The summed E-state index contributed by atoms with van der Waals surface area (Å²) in [6, 6.07) is 11.8. The first-order valence-corrected chi connectivity index (χ1v) is 13.2. The lowest BCUT2D eigenvalue weighted by Crippen LogP contribution is -2.48. The molecule has 194 valence electrons. The number of carbonyl (C=O) groups excluding carboxylic acids is 3. The Kier molecular flexibility index (Phi) is 9.41. The van der Waals surface area contributed by atoms with Gasteiger partial charge >= 0.3 is 5.97 Å². The van der Waals surface area contributed by atoms with E-state index in [0.717, 1.165) is 37.7 Å². The molecule has 1 aliphatic heterocycles. The van der Waals surface area contributed by atoms with Crippen molar-refractivity contribution >= 4 is 17.5 Å². The number of esters is 1. The van der Waals surface area contributed by atoms with Gasteiger partial charge in [-0.05, 0) is 50.5 Å². The Labute approximate surface area is 215 Å². The monoisotopic (exact) mass is 492 g/mol. The van der Waals surface area contributed by atoms with E-state index in [1.807, 2.05) is 25.1 Å². The summed E-state index contributed by atoms with van der Waals surface area (Å²) in [5, 5.41) is 4.35. The highest BCUT2D eigenvalue weighted by molar-refractivity contribution is 6.03. The summed E-state index contributed by atoms with van der Waals surface area (Å²) >= 11 is 0. The zero-order valence-corrected chi connectivity index (χ0v) is 22.2.